The van der Waals surface area contributed by atoms with Gasteiger partial charge in [-0.25, -0.2) is 4.79 Å². The Bertz CT molecular complexity index is 692. The van der Waals surface area contributed by atoms with Crippen LogP contribution >= 0.6 is 22.9 Å². The highest BCUT2D eigenvalue weighted by Crippen LogP contribution is 2.23. The molecule has 0 bridgehead atoms. The molecule has 1 aromatic carbocycles. The maximum atomic E-state index is 12.3. The normalized spacial score (nSPS) is 17.8. The number of nitrogens with one attached hydrogen (secondary N) is 1. The first-order valence-electron chi connectivity index (χ1n) is 7.80. The smallest absolute Gasteiger partial charge is 0.317 e. The van der Waals surface area contributed by atoms with Crippen LogP contribution in [0.3, 0.4) is 0 Å². The Balaban J connectivity index is 1.50. The van der Waals surface area contributed by atoms with E-state index >= 15 is 0 Å². The molecule has 128 valence electrons. The molecular formula is C16H19ClN4O2S. The number of halogens is 1. The van der Waals surface area contributed by atoms with Gasteiger partial charge in [0.15, 0.2) is 0 Å². The standard InChI is InChI=1S/C16H19ClN4O2S/c1-11-19-20-15(24-11)6-7-18-16(22)21-8-9-23-14(10-21)12-2-4-13(17)5-3-12/h2-5,14H,6-10H2,1H3,(H,18,22)/t14-/m0/s1. The Morgan fingerprint density at radius 2 is 2.21 bits per heavy atom. The minimum Gasteiger partial charge on any atom is -0.370 e. The van der Waals surface area contributed by atoms with Gasteiger partial charge in [0.05, 0.1) is 13.2 Å². The first kappa shape index (κ1) is 17.1. The van der Waals surface area contributed by atoms with Crippen molar-refractivity contribution in [3.05, 3.63) is 44.9 Å². The van der Waals surface area contributed by atoms with Gasteiger partial charge in [-0.15, -0.1) is 21.5 Å². The lowest BCUT2D eigenvalue weighted by Crippen LogP contribution is -2.47. The van der Waals surface area contributed by atoms with Crippen molar-refractivity contribution in [3.8, 4) is 0 Å². The van der Waals surface area contributed by atoms with Crippen LogP contribution in [-0.4, -0.2) is 47.4 Å². The largest absolute Gasteiger partial charge is 0.370 e. The number of aromatic nitrogens is 2. The second kappa shape index (κ2) is 7.92. The topological polar surface area (TPSA) is 67.4 Å². The zero-order chi connectivity index (χ0) is 16.9. The number of ether oxygens (including phenoxy) is 1. The highest BCUT2D eigenvalue weighted by atomic mass is 35.5. The molecule has 2 aromatic rings. The fourth-order valence-electron chi connectivity index (χ4n) is 2.54. The third-order valence-corrected chi connectivity index (χ3v) is 4.93. The number of rotatable bonds is 4. The number of nitrogens with zero attached hydrogens (tertiary/aromatic N) is 3. The Morgan fingerprint density at radius 1 is 1.42 bits per heavy atom. The second-order valence-corrected chi connectivity index (χ2v) is 7.26. The highest BCUT2D eigenvalue weighted by molar-refractivity contribution is 7.11. The molecule has 8 heteroatoms. The monoisotopic (exact) mass is 366 g/mol. The summed E-state index contributed by atoms with van der Waals surface area (Å²) in [7, 11) is 0. The Labute approximate surface area is 149 Å². The van der Waals surface area contributed by atoms with E-state index in [0.717, 1.165) is 15.6 Å². The molecule has 1 fully saturated rings. The van der Waals surface area contributed by atoms with Crippen LogP contribution in [0.5, 0.6) is 0 Å². The zero-order valence-electron chi connectivity index (χ0n) is 13.4. The van der Waals surface area contributed by atoms with E-state index in [9.17, 15) is 4.79 Å². The van der Waals surface area contributed by atoms with E-state index in [1.54, 1.807) is 16.2 Å². The van der Waals surface area contributed by atoms with Crippen molar-refractivity contribution in [1.29, 1.82) is 0 Å². The third-order valence-electron chi connectivity index (χ3n) is 3.78. The van der Waals surface area contributed by atoms with Gasteiger partial charge in [-0.05, 0) is 24.6 Å². The number of urea groups is 1. The van der Waals surface area contributed by atoms with Gasteiger partial charge in [-0.1, -0.05) is 23.7 Å². The summed E-state index contributed by atoms with van der Waals surface area (Å²) in [5.41, 5.74) is 1.03. The third kappa shape index (κ3) is 4.43. The lowest BCUT2D eigenvalue weighted by atomic mass is 10.1. The molecule has 6 nitrogen and oxygen atoms in total. The van der Waals surface area contributed by atoms with Gasteiger partial charge >= 0.3 is 6.03 Å². The molecular weight excluding hydrogens is 348 g/mol. The Kier molecular flexibility index (Phi) is 5.65. The maximum absolute atomic E-state index is 12.3. The molecule has 0 radical (unpaired) electrons. The van der Waals surface area contributed by atoms with Crippen molar-refractivity contribution >= 4 is 29.0 Å². The van der Waals surface area contributed by atoms with E-state index < -0.39 is 0 Å². The van der Waals surface area contributed by atoms with Crippen LogP contribution in [0.2, 0.25) is 5.02 Å². The van der Waals surface area contributed by atoms with Crippen LogP contribution < -0.4 is 5.32 Å². The van der Waals surface area contributed by atoms with Crippen molar-refractivity contribution in [2.75, 3.05) is 26.2 Å². The molecule has 2 amide bonds. The van der Waals surface area contributed by atoms with Crippen molar-refractivity contribution in [3.63, 3.8) is 0 Å². The van der Waals surface area contributed by atoms with E-state index in [1.807, 2.05) is 31.2 Å². The Hall–Kier alpha value is -1.70. The molecule has 24 heavy (non-hydrogen) atoms. The van der Waals surface area contributed by atoms with Gasteiger partial charge in [0.2, 0.25) is 0 Å². The van der Waals surface area contributed by atoms with Gasteiger partial charge in [0, 0.05) is 24.5 Å². The predicted molar refractivity (Wildman–Crippen MR) is 93.5 cm³/mol. The summed E-state index contributed by atoms with van der Waals surface area (Å²) < 4.78 is 5.78. The summed E-state index contributed by atoms with van der Waals surface area (Å²) in [5.74, 6) is 0. The van der Waals surface area contributed by atoms with Crippen molar-refractivity contribution in [2.24, 2.45) is 0 Å². The minimum absolute atomic E-state index is 0.0708. The van der Waals surface area contributed by atoms with Gasteiger partial charge < -0.3 is 15.0 Å². The SMILES string of the molecule is Cc1nnc(CCNC(=O)N2CCO[C@H](c3ccc(Cl)cc3)C2)s1. The Morgan fingerprint density at radius 3 is 2.92 bits per heavy atom. The van der Waals surface area contributed by atoms with E-state index in [-0.39, 0.29) is 12.1 Å². The van der Waals surface area contributed by atoms with Crippen LogP contribution in [0.15, 0.2) is 24.3 Å². The average Bonchev–Trinajstić information content (AvgIpc) is 3.01. The number of hydrogen-bond donors (Lipinski definition) is 1. The van der Waals surface area contributed by atoms with E-state index in [2.05, 4.69) is 15.5 Å². The van der Waals surface area contributed by atoms with Crippen LogP contribution in [0.1, 0.15) is 21.7 Å². The molecule has 1 atom stereocenters. The number of amides is 2. The van der Waals surface area contributed by atoms with Crippen LogP contribution in [0.25, 0.3) is 0 Å². The zero-order valence-corrected chi connectivity index (χ0v) is 14.9. The summed E-state index contributed by atoms with van der Waals surface area (Å²) in [4.78, 5) is 14.1. The summed E-state index contributed by atoms with van der Waals surface area (Å²) in [6, 6.07) is 7.48. The van der Waals surface area contributed by atoms with Crippen molar-refractivity contribution in [1.82, 2.24) is 20.4 Å². The minimum atomic E-state index is -0.118. The molecule has 1 aliphatic rings. The molecule has 1 aromatic heterocycles. The summed E-state index contributed by atoms with van der Waals surface area (Å²) >= 11 is 7.47. The molecule has 1 aliphatic heterocycles. The molecule has 0 saturated carbocycles. The second-order valence-electron chi connectivity index (χ2n) is 5.55. The number of aryl methyl sites for hydroxylation is 1. The molecule has 0 aliphatic carbocycles. The van der Waals surface area contributed by atoms with Gasteiger partial charge in [0.25, 0.3) is 0 Å². The van der Waals surface area contributed by atoms with Crippen molar-refractivity contribution in [2.45, 2.75) is 19.4 Å². The lowest BCUT2D eigenvalue weighted by Gasteiger charge is -2.33. The number of morpholine rings is 1. The average molecular weight is 367 g/mol. The molecule has 1 N–H and O–H groups in total. The van der Waals surface area contributed by atoms with Gasteiger partial charge in [-0.3, -0.25) is 0 Å². The first-order chi connectivity index (χ1) is 11.6. The summed E-state index contributed by atoms with van der Waals surface area (Å²) in [5, 5.41) is 13.5. The predicted octanol–water partition coefficient (Wildman–Crippen LogP) is 2.83. The number of hydrogen-bond acceptors (Lipinski definition) is 5. The van der Waals surface area contributed by atoms with E-state index in [0.29, 0.717) is 37.7 Å². The van der Waals surface area contributed by atoms with E-state index in [1.165, 1.54) is 0 Å². The fourth-order valence-corrected chi connectivity index (χ4v) is 3.37. The van der Waals surface area contributed by atoms with Gasteiger partial charge in [0.1, 0.15) is 16.1 Å². The fraction of sp³-hybridized carbons (Fsp3) is 0.438. The molecule has 2 heterocycles. The summed E-state index contributed by atoms with van der Waals surface area (Å²) in [6.45, 7) is 4.12. The first-order valence-corrected chi connectivity index (χ1v) is 9.00. The van der Waals surface area contributed by atoms with Crippen LogP contribution in [-0.2, 0) is 11.2 Å². The van der Waals surface area contributed by atoms with Crippen molar-refractivity contribution < 1.29 is 9.53 Å². The molecule has 0 unspecified atom stereocenters. The molecule has 1 saturated heterocycles. The molecule has 3 rings (SSSR count). The van der Waals surface area contributed by atoms with Crippen LogP contribution in [0.4, 0.5) is 4.79 Å². The number of carbonyl (C=O) groups is 1. The lowest BCUT2D eigenvalue weighted by molar-refractivity contribution is -0.0153. The summed E-state index contributed by atoms with van der Waals surface area (Å²) in [6.07, 6.45) is 0.579. The molecule has 0 spiro atoms. The van der Waals surface area contributed by atoms with Gasteiger partial charge in [-0.2, -0.15) is 0 Å². The van der Waals surface area contributed by atoms with Crippen LogP contribution in [0, 0.1) is 6.92 Å². The maximum Gasteiger partial charge on any atom is 0.317 e. The van der Waals surface area contributed by atoms with E-state index in [4.69, 9.17) is 16.3 Å². The quantitative estimate of drug-likeness (QED) is 0.903. The highest BCUT2D eigenvalue weighted by Gasteiger charge is 2.25. The number of carbonyl (C=O) groups excluding carboxylic acids is 1. The number of benzene rings is 1.